The lowest BCUT2D eigenvalue weighted by Crippen LogP contribution is -2.44. The molecular formula is C28H35N5O3. The highest BCUT2D eigenvalue weighted by Crippen LogP contribution is 2.34. The lowest BCUT2D eigenvalue weighted by atomic mass is 9.98. The van der Waals surface area contributed by atoms with Crippen molar-refractivity contribution in [2.45, 2.75) is 19.9 Å². The molecule has 0 atom stereocenters. The molecule has 1 aromatic heterocycles. The number of fused-ring (bicyclic) bond motifs is 1. The Hall–Kier alpha value is -3.78. The molecule has 0 aliphatic carbocycles. The largest absolute Gasteiger partial charge is 0.493 e. The van der Waals surface area contributed by atoms with Gasteiger partial charge in [0, 0.05) is 39.3 Å². The zero-order valence-corrected chi connectivity index (χ0v) is 21.3. The summed E-state index contributed by atoms with van der Waals surface area (Å²) in [6.07, 6.45) is 6.48. The molecule has 2 N–H and O–H groups in total. The Kier molecular flexibility index (Phi) is 8.28. The fraction of sp³-hybridized carbons (Fsp3) is 0.357. The molecule has 1 aromatic carbocycles. The van der Waals surface area contributed by atoms with E-state index in [0.29, 0.717) is 18.0 Å². The number of allylic oxidation sites excluding steroid dienone is 3. The number of benzene rings is 1. The predicted octanol–water partition coefficient (Wildman–Crippen LogP) is 3.27. The fourth-order valence-corrected chi connectivity index (χ4v) is 4.66. The number of hydrogen-bond donors (Lipinski definition) is 2. The van der Waals surface area contributed by atoms with Gasteiger partial charge in [-0.2, -0.15) is 0 Å². The van der Waals surface area contributed by atoms with Crippen molar-refractivity contribution in [1.82, 2.24) is 20.5 Å². The molecule has 2 aromatic rings. The van der Waals surface area contributed by atoms with Crippen LogP contribution in [0.5, 0.6) is 11.5 Å². The first-order chi connectivity index (χ1) is 17.6. The van der Waals surface area contributed by atoms with Crippen LogP contribution in [0.15, 0.2) is 66.5 Å². The van der Waals surface area contributed by atoms with Gasteiger partial charge in [-0.1, -0.05) is 24.8 Å². The number of amides is 1. The second-order valence-electron chi connectivity index (χ2n) is 8.71. The summed E-state index contributed by atoms with van der Waals surface area (Å²) in [7, 11) is 3.30. The van der Waals surface area contributed by atoms with Crippen LogP contribution in [0, 0.1) is 0 Å². The van der Waals surface area contributed by atoms with Gasteiger partial charge < -0.3 is 29.9 Å². The third-order valence-electron chi connectivity index (χ3n) is 6.56. The third kappa shape index (κ3) is 5.54. The summed E-state index contributed by atoms with van der Waals surface area (Å²) in [4.78, 5) is 22.4. The van der Waals surface area contributed by atoms with Crippen LogP contribution in [0.2, 0.25) is 0 Å². The first kappa shape index (κ1) is 25.3. The van der Waals surface area contributed by atoms with E-state index >= 15 is 0 Å². The quantitative estimate of drug-likeness (QED) is 0.551. The number of nitrogens with one attached hydrogen (secondary N) is 2. The molecule has 0 radical (unpaired) electrons. The Balaban J connectivity index is 1.51. The van der Waals surface area contributed by atoms with Crippen molar-refractivity contribution >= 4 is 11.7 Å². The maximum Gasteiger partial charge on any atom is 0.274 e. The Labute approximate surface area is 213 Å². The summed E-state index contributed by atoms with van der Waals surface area (Å²) in [6, 6.07) is 9.66. The second kappa shape index (κ2) is 11.8. The Morgan fingerprint density at radius 1 is 1.11 bits per heavy atom. The van der Waals surface area contributed by atoms with Gasteiger partial charge in [-0.3, -0.25) is 4.79 Å². The van der Waals surface area contributed by atoms with E-state index in [2.05, 4.69) is 27.0 Å². The van der Waals surface area contributed by atoms with E-state index in [0.717, 1.165) is 62.1 Å². The van der Waals surface area contributed by atoms with Crippen LogP contribution in [-0.4, -0.2) is 62.7 Å². The summed E-state index contributed by atoms with van der Waals surface area (Å²) >= 11 is 0. The lowest BCUT2D eigenvalue weighted by Gasteiger charge is -2.32. The minimum absolute atomic E-state index is 0.237. The van der Waals surface area contributed by atoms with E-state index in [9.17, 15) is 4.79 Å². The second-order valence-corrected chi connectivity index (χ2v) is 8.71. The summed E-state index contributed by atoms with van der Waals surface area (Å²) < 4.78 is 10.9. The molecule has 0 unspecified atom stereocenters. The molecule has 0 saturated carbocycles. The van der Waals surface area contributed by atoms with Gasteiger partial charge in [0.25, 0.3) is 5.91 Å². The van der Waals surface area contributed by atoms with Crippen molar-refractivity contribution in [3.05, 3.63) is 83.4 Å². The van der Waals surface area contributed by atoms with Gasteiger partial charge >= 0.3 is 0 Å². The molecule has 2 aliphatic rings. The topological polar surface area (TPSA) is 79.0 Å². The number of methoxy groups -OCH3 is 2. The first-order valence-corrected chi connectivity index (χ1v) is 12.3. The van der Waals surface area contributed by atoms with Crippen molar-refractivity contribution in [3.8, 4) is 11.5 Å². The van der Waals surface area contributed by atoms with Gasteiger partial charge in [-0.15, -0.1) is 0 Å². The van der Waals surface area contributed by atoms with Crippen molar-refractivity contribution in [2.24, 2.45) is 0 Å². The Morgan fingerprint density at radius 2 is 1.83 bits per heavy atom. The Morgan fingerprint density at radius 3 is 2.50 bits per heavy atom. The normalized spacial score (nSPS) is 16.3. The number of rotatable bonds is 8. The summed E-state index contributed by atoms with van der Waals surface area (Å²) in [5.41, 5.74) is 4.49. The maximum absolute atomic E-state index is 13.2. The van der Waals surface area contributed by atoms with Gasteiger partial charge in [0.1, 0.15) is 11.5 Å². The number of carbonyl (C=O) groups excluding carboxylic acids is 1. The predicted molar refractivity (Wildman–Crippen MR) is 142 cm³/mol. The van der Waals surface area contributed by atoms with Crippen LogP contribution in [-0.2, 0) is 13.0 Å². The monoisotopic (exact) mass is 489 g/mol. The number of aromatic nitrogens is 1. The van der Waals surface area contributed by atoms with Gasteiger partial charge in [-0.25, -0.2) is 4.98 Å². The number of nitrogens with zero attached hydrogens (tertiary/aromatic N) is 3. The molecule has 3 heterocycles. The van der Waals surface area contributed by atoms with Gasteiger partial charge in [-0.05, 0) is 54.8 Å². The third-order valence-corrected chi connectivity index (χ3v) is 6.56. The van der Waals surface area contributed by atoms with Crippen LogP contribution in [0.1, 0.15) is 28.5 Å². The lowest BCUT2D eigenvalue weighted by molar-refractivity contribution is 0.0959. The van der Waals surface area contributed by atoms with Gasteiger partial charge in [0.15, 0.2) is 11.5 Å². The maximum atomic E-state index is 13.2. The summed E-state index contributed by atoms with van der Waals surface area (Å²) in [5, 5.41) is 6.43. The zero-order chi connectivity index (χ0) is 25.5. The average molecular weight is 490 g/mol. The molecule has 0 bridgehead atoms. The van der Waals surface area contributed by atoms with Crippen LogP contribution < -0.4 is 25.0 Å². The molecule has 2 aliphatic heterocycles. The molecule has 8 heteroatoms. The highest BCUT2D eigenvalue weighted by molar-refractivity contribution is 5.94. The van der Waals surface area contributed by atoms with Crippen molar-refractivity contribution in [2.75, 3.05) is 51.8 Å². The minimum Gasteiger partial charge on any atom is -0.493 e. The number of carbonyl (C=O) groups is 1. The molecule has 190 valence electrons. The van der Waals surface area contributed by atoms with Gasteiger partial charge in [0.2, 0.25) is 0 Å². The molecule has 36 heavy (non-hydrogen) atoms. The number of pyridine rings is 1. The standard InChI is InChI=1S/C28H35N5O3/c1-5-8-24(32-15-12-29-13-16-32)22(6-2)31-28(34)23-9-7-10-27(30-23)33-14-11-20-17-25(35-3)26(36-4)18-21(20)19-33/h5-10,17-18,29H,1,11-16,19H2,2-4H3,(H,31,34)/b22-6+,24-8+. The summed E-state index contributed by atoms with van der Waals surface area (Å²) in [5.74, 6) is 1.99. The van der Waals surface area contributed by atoms with Crippen LogP contribution in [0.25, 0.3) is 0 Å². The van der Waals surface area contributed by atoms with Crippen molar-refractivity contribution in [3.63, 3.8) is 0 Å². The number of ether oxygens (including phenoxy) is 2. The fourth-order valence-electron chi connectivity index (χ4n) is 4.66. The smallest absolute Gasteiger partial charge is 0.274 e. The summed E-state index contributed by atoms with van der Waals surface area (Å²) in [6.45, 7) is 10.8. The molecule has 4 rings (SSSR count). The minimum atomic E-state index is -0.237. The van der Waals surface area contributed by atoms with E-state index in [1.54, 1.807) is 26.4 Å². The molecule has 1 amide bonds. The van der Waals surface area contributed by atoms with Gasteiger partial charge in [0.05, 0.1) is 25.6 Å². The number of hydrogen-bond acceptors (Lipinski definition) is 7. The number of anilines is 1. The Bertz CT molecular complexity index is 1170. The van der Waals surface area contributed by atoms with Crippen LogP contribution >= 0.6 is 0 Å². The SMILES string of the molecule is C=C/C=C(\C(=C/C)NC(=O)c1cccc(N2CCc3cc(OC)c(OC)cc3C2)n1)N1CCNCC1. The van der Waals surface area contributed by atoms with E-state index in [1.807, 2.05) is 43.3 Å². The van der Waals surface area contributed by atoms with Crippen molar-refractivity contribution < 1.29 is 14.3 Å². The average Bonchev–Trinajstić information content (AvgIpc) is 2.94. The molecule has 8 nitrogen and oxygen atoms in total. The van der Waals surface area contributed by atoms with Crippen LogP contribution in [0.4, 0.5) is 5.82 Å². The zero-order valence-electron chi connectivity index (χ0n) is 21.3. The van der Waals surface area contributed by atoms with Crippen LogP contribution in [0.3, 0.4) is 0 Å². The van der Waals surface area contributed by atoms with Crippen molar-refractivity contribution in [1.29, 1.82) is 0 Å². The molecular weight excluding hydrogens is 454 g/mol. The van der Waals surface area contributed by atoms with E-state index in [1.165, 1.54) is 11.1 Å². The molecule has 0 spiro atoms. The van der Waals surface area contributed by atoms with E-state index in [4.69, 9.17) is 14.5 Å². The molecule has 1 saturated heterocycles. The highest BCUT2D eigenvalue weighted by atomic mass is 16.5. The molecule has 1 fully saturated rings. The number of piperazine rings is 1. The highest BCUT2D eigenvalue weighted by Gasteiger charge is 2.22. The van der Waals surface area contributed by atoms with E-state index in [-0.39, 0.29) is 5.91 Å². The first-order valence-electron chi connectivity index (χ1n) is 12.3. The van der Waals surface area contributed by atoms with E-state index < -0.39 is 0 Å².